The van der Waals surface area contributed by atoms with Crippen LogP contribution in [0.5, 0.6) is 0 Å². The molecule has 0 radical (unpaired) electrons. The van der Waals surface area contributed by atoms with Crippen LogP contribution in [0.3, 0.4) is 0 Å². The monoisotopic (exact) mass is 170 g/mol. The highest BCUT2D eigenvalue weighted by Gasteiger charge is 2.28. The lowest BCUT2D eigenvalue weighted by Crippen LogP contribution is -2.49. The number of likely N-dealkylation sites (N-methyl/N-ethyl adjacent to an activating group) is 1. The highest BCUT2D eigenvalue weighted by molar-refractivity contribution is 4.84. The summed E-state index contributed by atoms with van der Waals surface area (Å²) in [4.78, 5) is 2.36. The molecule has 2 unspecified atom stereocenters. The minimum Gasteiger partial charge on any atom is -0.315 e. The molecular weight excluding hydrogens is 148 g/mol. The van der Waals surface area contributed by atoms with Crippen molar-refractivity contribution in [2.75, 3.05) is 27.2 Å². The summed E-state index contributed by atoms with van der Waals surface area (Å²) in [6, 6.07) is 0.735. The molecule has 0 aliphatic carbocycles. The van der Waals surface area contributed by atoms with E-state index in [1.165, 1.54) is 13.0 Å². The average Bonchev–Trinajstić information content (AvgIpc) is 2.04. The summed E-state index contributed by atoms with van der Waals surface area (Å²) in [6.07, 6.45) is 1.33. The Labute approximate surface area is 76.3 Å². The second-order valence-corrected chi connectivity index (χ2v) is 4.43. The molecule has 2 heteroatoms. The van der Waals surface area contributed by atoms with Gasteiger partial charge in [-0.25, -0.2) is 0 Å². The lowest BCUT2D eigenvalue weighted by molar-refractivity contribution is 0.133. The van der Waals surface area contributed by atoms with Gasteiger partial charge in [-0.1, -0.05) is 13.8 Å². The van der Waals surface area contributed by atoms with Gasteiger partial charge in [-0.3, -0.25) is 0 Å². The van der Waals surface area contributed by atoms with E-state index in [1.54, 1.807) is 0 Å². The molecule has 72 valence electrons. The topological polar surface area (TPSA) is 15.3 Å². The molecule has 0 aromatic rings. The summed E-state index contributed by atoms with van der Waals surface area (Å²) < 4.78 is 0. The maximum atomic E-state index is 3.46. The molecule has 0 bridgehead atoms. The van der Waals surface area contributed by atoms with Crippen LogP contribution in [0.2, 0.25) is 0 Å². The van der Waals surface area contributed by atoms with E-state index in [2.05, 4.69) is 38.2 Å². The molecule has 0 aromatic carbocycles. The first-order valence-electron chi connectivity index (χ1n) is 5.00. The first-order valence-corrected chi connectivity index (χ1v) is 5.00. The maximum absolute atomic E-state index is 3.46. The second kappa shape index (κ2) is 4.24. The second-order valence-electron chi connectivity index (χ2n) is 4.43. The number of rotatable bonds is 2. The van der Waals surface area contributed by atoms with Crippen LogP contribution in [-0.4, -0.2) is 38.1 Å². The summed E-state index contributed by atoms with van der Waals surface area (Å²) in [7, 11) is 4.38. The third-order valence-corrected chi connectivity index (χ3v) is 3.02. The summed E-state index contributed by atoms with van der Waals surface area (Å²) >= 11 is 0. The SMILES string of the molecule is CC(C)C1CCNCC1N(C)C. The molecular formula is C10H22N2. The standard InChI is InChI=1S/C10H22N2/c1-8(2)9-5-6-11-7-10(9)12(3)4/h8-11H,5-7H2,1-4H3. The van der Waals surface area contributed by atoms with Gasteiger partial charge in [-0.05, 0) is 38.9 Å². The smallest absolute Gasteiger partial charge is 0.0245 e. The zero-order valence-corrected chi connectivity index (χ0v) is 8.80. The van der Waals surface area contributed by atoms with Crippen molar-refractivity contribution >= 4 is 0 Å². The fourth-order valence-electron chi connectivity index (χ4n) is 2.21. The van der Waals surface area contributed by atoms with Gasteiger partial charge in [0.05, 0.1) is 0 Å². The van der Waals surface area contributed by atoms with Crippen LogP contribution in [0.15, 0.2) is 0 Å². The number of nitrogens with one attached hydrogen (secondary N) is 1. The summed E-state index contributed by atoms with van der Waals surface area (Å²) in [5.74, 6) is 1.70. The lowest BCUT2D eigenvalue weighted by atomic mass is 9.83. The van der Waals surface area contributed by atoms with Crippen molar-refractivity contribution in [3.05, 3.63) is 0 Å². The highest BCUT2D eigenvalue weighted by Crippen LogP contribution is 2.23. The Balaban J connectivity index is 2.54. The number of hydrogen-bond acceptors (Lipinski definition) is 2. The predicted molar refractivity (Wildman–Crippen MR) is 53.3 cm³/mol. The number of nitrogens with zero attached hydrogens (tertiary/aromatic N) is 1. The van der Waals surface area contributed by atoms with Crippen molar-refractivity contribution in [1.82, 2.24) is 10.2 Å². The molecule has 1 aliphatic rings. The Bertz CT molecular complexity index is 116. The third-order valence-electron chi connectivity index (χ3n) is 3.02. The molecule has 0 spiro atoms. The van der Waals surface area contributed by atoms with Crippen molar-refractivity contribution < 1.29 is 0 Å². The van der Waals surface area contributed by atoms with Gasteiger partial charge >= 0.3 is 0 Å². The van der Waals surface area contributed by atoms with Crippen LogP contribution in [0.4, 0.5) is 0 Å². The van der Waals surface area contributed by atoms with Gasteiger partial charge in [0, 0.05) is 12.6 Å². The fourth-order valence-corrected chi connectivity index (χ4v) is 2.21. The fraction of sp³-hybridized carbons (Fsp3) is 1.00. The Hall–Kier alpha value is -0.0800. The van der Waals surface area contributed by atoms with E-state index in [0.29, 0.717) is 0 Å². The average molecular weight is 170 g/mol. The van der Waals surface area contributed by atoms with Crippen LogP contribution < -0.4 is 5.32 Å². The van der Waals surface area contributed by atoms with E-state index in [0.717, 1.165) is 24.4 Å². The molecule has 12 heavy (non-hydrogen) atoms. The van der Waals surface area contributed by atoms with Crippen LogP contribution in [-0.2, 0) is 0 Å². The molecule has 1 fully saturated rings. The number of hydrogen-bond donors (Lipinski definition) is 1. The van der Waals surface area contributed by atoms with Gasteiger partial charge in [0.2, 0.25) is 0 Å². The van der Waals surface area contributed by atoms with E-state index in [4.69, 9.17) is 0 Å². The number of piperidine rings is 1. The lowest BCUT2D eigenvalue weighted by Gasteiger charge is -2.38. The molecule has 0 aromatic heterocycles. The summed E-state index contributed by atoms with van der Waals surface area (Å²) in [5, 5.41) is 3.46. The van der Waals surface area contributed by atoms with E-state index in [1.807, 2.05) is 0 Å². The highest BCUT2D eigenvalue weighted by atomic mass is 15.1. The quantitative estimate of drug-likeness (QED) is 0.669. The molecule has 0 amide bonds. The minimum atomic E-state index is 0.735. The first-order chi connectivity index (χ1) is 5.63. The normalized spacial score (nSPS) is 31.5. The van der Waals surface area contributed by atoms with Gasteiger partial charge in [0.25, 0.3) is 0 Å². The maximum Gasteiger partial charge on any atom is 0.0245 e. The van der Waals surface area contributed by atoms with E-state index >= 15 is 0 Å². The molecule has 1 rings (SSSR count). The molecule has 0 saturated carbocycles. The van der Waals surface area contributed by atoms with Gasteiger partial charge in [-0.15, -0.1) is 0 Å². The van der Waals surface area contributed by atoms with Crippen molar-refractivity contribution in [2.45, 2.75) is 26.3 Å². The van der Waals surface area contributed by atoms with Gasteiger partial charge in [0.1, 0.15) is 0 Å². The van der Waals surface area contributed by atoms with E-state index in [-0.39, 0.29) is 0 Å². The Morgan fingerprint density at radius 2 is 2.00 bits per heavy atom. The molecule has 2 atom stereocenters. The van der Waals surface area contributed by atoms with Crippen molar-refractivity contribution in [2.24, 2.45) is 11.8 Å². The van der Waals surface area contributed by atoms with Crippen molar-refractivity contribution in [3.63, 3.8) is 0 Å². The van der Waals surface area contributed by atoms with E-state index in [9.17, 15) is 0 Å². The van der Waals surface area contributed by atoms with Crippen molar-refractivity contribution in [3.8, 4) is 0 Å². The predicted octanol–water partition coefficient (Wildman–Crippen LogP) is 1.18. The van der Waals surface area contributed by atoms with Crippen LogP contribution in [0, 0.1) is 11.8 Å². The first kappa shape index (κ1) is 10.0. The summed E-state index contributed by atoms with van der Waals surface area (Å²) in [5.41, 5.74) is 0. The van der Waals surface area contributed by atoms with Crippen LogP contribution in [0.1, 0.15) is 20.3 Å². The van der Waals surface area contributed by atoms with Crippen molar-refractivity contribution in [1.29, 1.82) is 0 Å². The molecule has 2 nitrogen and oxygen atoms in total. The molecule has 1 aliphatic heterocycles. The molecule has 1 N–H and O–H groups in total. The Kier molecular flexibility index (Phi) is 3.53. The summed E-state index contributed by atoms with van der Waals surface area (Å²) in [6.45, 7) is 7.04. The van der Waals surface area contributed by atoms with Gasteiger partial charge in [0.15, 0.2) is 0 Å². The minimum absolute atomic E-state index is 0.735. The van der Waals surface area contributed by atoms with Gasteiger partial charge < -0.3 is 10.2 Å². The van der Waals surface area contributed by atoms with Crippen LogP contribution in [0.25, 0.3) is 0 Å². The molecule has 1 heterocycles. The van der Waals surface area contributed by atoms with Crippen LogP contribution >= 0.6 is 0 Å². The van der Waals surface area contributed by atoms with Gasteiger partial charge in [-0.2, -0.15) is 0 Å². The Morgan fingerprint density at radius 3 is 2.42 bits per heavy atom. The third kappa shape index (κ3) is 2.20. The molecule has 1 saturated heterocycles. The zero-order valence-electron chi connectivity index (χ0n) is 8.80. The largest absolute Gasteiger partial charge is 0.315 e. The Morgan fingerprint density at radius 1 is 1.33 bits per heavy atom. The zero-order chi connectivity index (χ0) is 9.14. The van der Waals surface area contributed by atoms with E-state index < -0.39 is 0 Å².